The molecule has 0 spiro atoms. The summed E-state index contributed by atoms with van der Waals surface area (Å²) in [6, 6.07) is 0. The highest BCUT2D eigenvalue weighted by atomic mass is 16.7. The third kappa shape index (κ3) is 6.49. The molecule has 1 heterocycles. The fourth-order valence-corrected chi connectivity index (χ4v) is 2.59. The summed E-state index contributed by atoms with van der Waals surface area (Å²) in [5.74, 6) is -1.89. The van der Waals surface area contributed by atoms with Gasteiger partial charge in [-0.15, -0.1) is 0 Å². The Morgan fingerprint density at radius 1 is 1.26 bits per heavy atom. The topological polar surface area (TPSA) is 65.0 Å². The Hall–Kier alpha value is -0.490. The maximum Gasteiger partial charge on any atom is 0.168 e. The number of carbonyl (C=O) groups excluding carboxylic acids is 1. The van der Waals surface area contributed by atoms with Crippen molar-refractivity contribution in [3.8, 4) is 0 Å². The first kappa shape index (κ1) is 22.5. The van der Waals surface area contributed by atoms with Crippen LogP contribution >= 0.6 is 0 Å². The van der Waals surface area contributed by atoms with E-state index in [1.54, 1.807) is 0 Å². The maximum atomic E-state index is 11.3. The predicted octanol–water partition coefficient (Wildman–Crippen LogP) is 3.67. The average Bonchev–Trinajstić information content (AvgIpc) is 3.05. The van der Waals surface area contributed by atoms with Crippen molar-refractivity contribution in [2.45, 2.75) is 91.3 Å². The number of ether oxygens (including phenoxy) is 3. The van der Waals surface area contributed by atoms with Crippen molar-refractivity contribution in [3.05, 3.63) is 0 Å². The van der Waals surface area contributed by atoms with Crippen molar-refractivity contribution < 1.29 is 24.1 Å². The van der Waals surface area contributed by atoms with E-state index < -0.39 is 11.6 Å². The predicted molar refractivity (Wildman–Crippen MR) is 91.1 cm³/mol. The van der Waals surface area contributed by atoms with Crippen LogP contribution in [0.5, 0.6) is 0 Å². The van der Waals surface area contributed by atoms with Crippen LogP contribution in [0.15, 0.2) is 0 Å². The van der Waals surface area contributed by atoms with Crippen molar-refractivity contribution in [2.75, 3.05) is 13.2 Å². The molecule has 0 aromatic heterocycles. The van der Waals surface area contributed by atoms with Crippen LogP contribution in [0.3, 0.4) is 0 Å². The lowest BCUT2D eigenvalue weighted by atomic mass is 10.0. The van der Waals surface area contributed by atoms with Gasteiger partial charge in [0.25, 0.3) is 0 Å². The van der Waals surface area contributed by atoms with E-state index in [1.807, 2.05) is 41.5 Å². The van der Waals surface area contributed by atoms with Gasteiger partial charge in [-0.25, -0.2) is 0 Å². The van der Waals surface area contributed by atoms with Gasteiger partial charge in [-0.05, 0) is 32.1 Å². The minimum atomic E-state index is -1.09. The Labute approximate surface area is 141 Å². The molecule has 1 unspecified atom stereocenters. The molecule has 0 amide bonds. The Morgan fingerprint density at radius 3 is 2.22 bits per heavy atom. The Balaban J connectivity index is 0.00000232. The molecule has 1 aliphatic heterocycles. The van der Waals surface area contributed by atoms with Gasteiger partial charge in [-0.3, -0.25) is 0 Å². The quantitative estimate of drug-likeness (QED) is 0.488. The second kappa shape index (κ2) is 11.1. The van der Waals surface area contributed by atoms with Gasteiger partial charge in [0.05, 0.1) is 19.3 Å². The van der Waals surface area contributed by atoms with Gasteiger partial charge >= 0.3 is 0 Å². The van der Waals surface area contributed by atoms with Crippen LogP contribution in [0.4, 0.5) is 0 Å². The minimum Gasteiger partial charge on any atom is -0.365 e. The zero-order valence-corrected chi connectivity index (χ0v) is 15.8. The second-order valence-corrected chi connectivity index (χ2v) is 5.68. The summed E-state index contributed by atoms with van der Waals surface area (Å²) in [6.07, 6.45) is 3.84. The molecule has 5 heteroatoms. The largest absolute Gasteiger partial charge is 0.365 e. The van der Waals surface area contributed by atoms with E-state index in [-0.39, 0.29) is 12.0 Å². The number of hydrogen-bond donors (Lipinski definition) is 1. The molecule has 0 aromatic rings. The Morgan fingerprint density at radius 2 is 1.83 bits per heavy atom. The first-order valence-electron chi connectivity index (χ1n) is 9.11. The number of aliphatic hydroxyl groups is 1. The van der Waals surface area contributed by atoms with Gasteiger partial charge in [-0.1, -0.05) is 41.5 Å². The summed E-state index contributed by atoms with van der Waals surface area (Å²) in [5.41, 5.74) is 0. The molecule has 1 aliphatic rings. The van der Waals surface area contributed by atoms with Gasteiger partial charge in [0.15, 0.2) is 11.6 Å². The highest BCUT2D eigenvalue weighted by Gasteiger charge is 2.41. The van der Waals surface area contributed by atoms with Crippen molar-refractivity contribution in [3.63, 3.8) is 0 Å². The summed E-state index contributed by atoms with van der Waals surface area (Å²) in [6.45, 7) is 12.6. The molecule has 138 valence electrons. The SMILES string of the molecule is CC.CCC(O)(CC)OCCC(C=O)[C@@H]1COC(CC)(CC)O1. The van der Waals surface area contributed by atoms with Gasteiger partial charge in [0.2, 0.25) is 0 Å². The van der Waals surface area contributed by atoms with Gasteiger partial charge in [-0.2, -0.15) is 0 Å². The van der Waals surface area contributed by atoms with E-state index in [1.165, 1.54) is 0 Å². The maximum absolute atomic E-state index is 11.3. The highest BCUT2D eigenvalue weighted by Crippen LogP contribution is 2.33. The third-order valence-corrected chi connectivity index (χ3v) is 4.53. The molecule has 1 N–H and O–H groups in total. The average molecular weight is 332 g/mol. The summed E-state index contributed by atoms with van der Waals surface area (Å²) in [4.78, 5) is 11.3. The first-order valence-corrected chi connectivity index (χ1v) is 9.11. The smallest absolute Gasteiger partial charge is 0.168 e. The molecule has 1 rings (SSSR count). The number of rotatable bonds is 10. The van der Waals surface area contributed by atoms with Crippen molar-refractivity contribution in [1.82, 2.24) is 0 Å². The lowest BCUT2D eigenvalue weighted by molar-refractivity contribution is -0.210. The Kier molecular flexibility index (Phi) is 10.9. The first-order chi connectivity index (χ1) is 11.0. The van der Waals surface area contributed by atoms with Crippen molar-refractivity contribution in [2.24, 2.45) is 5.92 Å². The fourth-order valence-electron chi connectivity index (χ4n) is 2.59. The Bertz CT molecular complexity index is 311. The van der Waals surface area contributed by atoms with E-state index in [4.69, 9.17) is 14.2 Å². The standard InChI is InChI=1S/C16H30O5.C2H6/c1-5-15(18,6-2)19-10-9-13(11-17)14-12-20-16(7-3,8-4)21-14;1-2/h11,13-14,18H,5-10,12H2,1-4H3;1-2H3/t13?,14-;/m0./s1. The van der Waals surface area contributed by atoms with Crippen LogP contribution in [0.1, 0.15) is 73.6 Å². The van der Waals surface area contributed by atoms with E-state index >= 15 is 0 Å². The lowest BCUT2D eigenvalue weighted by Gasteiger charge is -2.28. The molecular weight excluding hydrogens is 296 g/mol. The summed E-state index contributed by atoms with van der Waals surface area (Å²) in [5, 5.41) is 10.1. The van der Waals surface area contributed by atoms with Crippen molar-refractivity contribution in [1.29, 1.82) is 0 Å². The van der Waals surface area contributed by atoms with E-state index in [0.717, 1.165) is 19.1 Å². The van der Waals surface area contributed by atoms with Gasteiger partial charge in [0.1, 0.15) is 6.29 Å². The van der Waals surface area contributed by atoms with E-state index in [9.17, 15) is 9.90 Å². The molecule has 1 fully saturated rings. The summed E-state index contributed by atoms with van der Waals surface area (Å²) < 4.78 is 17.2. The molecule has 0 radical (unpaired) electrons. The van der Waals surface area contributed by atoms with Crippen molar-refractivity contribution >= 4 is 6.29 Å². The van der Waals surface area contributed by atoms with Crippen LogP contribution < -0.4 is 0 Å². The fraction of sp³-hybridized carbons (Fsp3) is 0.944. The number of aldehydes is 1. The van der Waals surface area contributed by atoms with Crippen LogP contribution in [0.2, 0.25) is 0 Å². The number of carbonyl (C=O) groups is 1. The summed E-state index contributed by atoms with van der Waals surface area (Å²) in [7, 11) is 0. The normalized spacial score (nSPS) is 21.4. The molecule has 0 aromatic carbocycles. The highest BCUT2D eigenvalue weighted by molar-refractivity contribution is 5.54. The van der Waals surface area contributed by atoms with E-state index in [0.29, 0.717) is 32.5 Å². The van der Waals surface area contributed by atoms with E-state index in [2.05, 4.69) is 0 Å². The second-order valence-electron chi connectivity index (χ2n) is 5.68. The minimum absolute atomic E-state index is 0.220. The third-order valence-electron chi connectivity index (χ3n) is 4.53. The van der Waals surface area contributed by atoms with Crippen LogP contribution in [0.25, 0.3) is 0 Å². The van der Waals surface area contributed by atoms with Gasteiger partial charge in [0, 0.05) is 5.92 Å². The molecule has 0 saturated carbocycles. The lowest BCUT2D eigenvalue weighted by Crippen LogP contribution is -2.34. The van der Waals surface area contributed by atoms with Gasteiger partial charge < -0.3 is 24.1 Å². The molecule has 1 saturated heterocycles. The zero-order chi connectivity index (χ0) is 17.9. The number of hydrogen-bond acceptors (Lipinski definition) is 5. The summed E-state index contributed by atoms with van der Waals surface area (Å²) >= 11 is 0. The van der Waals surface area contributed by atoms with Crippen LogP contribution in [0, 0.1) is 5.92 Å². The molecule has 23 heavy (non-hydrogen) atoms. The molecular formula is C18H36O5. The molecule has 0 bridgehead atoms. The molecule has 5 nitrogen and oxygen atoms in total. The molecule has 0 aliphatic carbocycles. The van der Waals surface area contributed by atoms with Crippen LogP contribution in [-0.4, -0.2) is 42.3 Å². The monoisotopic (exact) mass is 332 g/mol. The zero-order valence-electron chi connectivity index (χ0n) is 15.8. The van der Waals surface area contributed by atoms with Crippen LogP contribution in [-0.2, 0) is 19.0 Å². The molecule has 2 atom stereocenters.